The van der Waals surface area contributed by atoms with Crippen LogP contribution in [-0.2, 0) is 14.9 Å². The van der Waals surface area contributed by atoms with Gasteiger partial charge in [0.25, 0.3) is 0 Å². The Morgan fingerprint density at radius 2 is 1.88 bits per heavy atom. The highest BCUT2D eigenvalue weighted by Gasteiger charge is 2.25. The van der Waals surface area contributed by atoms with Gasteiger partial charge in [-0.15, -0.1) is 0 Å². The second-order valence-electron chi connectivity index (χ2n) is 8.61. The number of anilines is 2. The number of nitrogens with zero attached hydrogens (tertiary/aromatic N) is 1. The van der Waals surface area contributed by atoms with Crippen molar-refractivity contribution in [3.8, 4) is 5.75 Å². The molecule has 3 rings (SSSR count). The van der Waals surface area contributed by atoms with Crippen molar-refractivity contribution in [3.05, 3.63) is 59.7 Å². The molecule has 5 nitrogen and oxygen atoms in total. The molecule has 1 amide bonds. The standard InChI is InChI=1S/C25H32N2O3.C2H6/c1-6-27-16-21(17-29-5)30-23-13-12-20(15-22(23)27)26-24(28)14-9-18-7-10-19(11-8-18)25(2,3)4;1-2/h7-15,21H,6,16-17H2,1-5H3,(H,26,28);1-2H3/b14-9+;. The van der Waals surface area contributed by atoms with E-state index in [1.165, 1.54) is 5.56 Å². The van der Waals surface area contributed by atoms with Crippen molar-refractivity contribution in [1.82, 2.24) is 0 Å². The number of benzene rings is 2. The van der Waals surface area contributed by atoms with Crippen LogP contribution in [0.1, 0.15) is 52.7 Å². The van der Waals surface area contributed by atoms with Crippen molar-refractivity contribution in [2.75, 3.05) is 37.0 Å². The zero-order valence-corrected chi connectivity index (χ0v) is 20.6. The Labute approximate surface area is 193 Å². The lowest BCUT2D eigenvalue weighted by Gasteiger charge is -2.35. The van der Waals surface area contributed by atoms with Crippen LogP contribution >= 0.6 is 0 Å². The third kappa shape index (κ3) is 6.86. The van der Waals surface area contributed by atoms with E-state index >= 15 is 0 Å². The maximum absolute atomic E-state index is 12.4. The third-order valence-electron chi connectivity index (χ3n) is 5.22. The van der Waals surface area contributed by atoms with Crippen LogP contribution in [0.2, 0.25) is 0 Å². The molecule has 2 aromatic carbocycles. The average Bonchev–Trinajstić information content (AvgIpc) is 2.78. The molecule has 1 N–H and O–H groups in total. The minimum atomic E-state index is -0.160. The molecule has 0 aromatic heterocycles. The second kappa shape index (κ2) is 11.7. The molecule has 1 aliphatic rings. The molecule has 0 fully saturated rings. The maximum atomic E-state index is 12.4. The Morgan fingerprint density at radius 1 is 1.19 bits per heavy atom. The summed E-state index contributed by atoms with van der Waals surface area (Å²) in [6, 6.07) is 14.0. The monoisotopic (exact) mass is 438 g/mol. The Bertz CT molecular complexity index is 898. The van der Waals surface area contributed by atoms with Crippen LogP contribution < -0.4 is 15.0 Å². The Kier molecular flexibility index (Phi) is 9.33. The first-order valence-corrected chi connectivity index (χ1v) is 11.4. The summed E-state index contributed by atoms with van der Waals surface area (Å²) in [5, 5.41) is 2.95. The van der Waals surface area contributed by atoms with Gasteiger partial charge in [0.1, 0.15) is 11.9 Å². The molecule has 174 valence electrons. The van der Waals surface area contributed by atoms with Gasteiger partial charge in [-0.1, -0.05) is 58.9 Å². The quantitative estimate of drug-likeness (QED) is 0.571. The maximum Gasteiger partial charge on any atom is 0.248 e. The van der Waals surface area contributed by atoms with E-state index in [2.05, 4.69) is 50.0 Å². The van der Waals surface area contributed by atoms with Crippen LogP contribution in [0.25, 0.3) is 6.08 Å². The lowest BCUT2D eigenvalue weighted by atomic mass is 9.87. The van der Waals surface area contributed by atoms with Crippen LogP contribution in [-0.4, -0.2) is 38.8 Å². The summed E-state index contributed by atoms with van der Waals surface area (Å²) >= 11 is 0. The van der Waals surface area contributed by atoms with Gasteiger partial charge in [-0.2, -0.15) is 0 Å². The molecule has 2 aromatic rings. The highest BCUT2D eigenvalue weighted by Crippen LogP contribution is 2.35. The summed E-state index contributed by atoms with van der Waals surface area (Å²) < 4.78 is 11.2. The molecule has 1 atom stereocenters. The molecule has 0 aliphatic carbocycles. The topological polar surface area (TPSA) is 50.8 Å². The smallest absolute Gasteiger partial charge is 0.248 e. The molecule has 1 heterocycles. The molecule has 32 heavy (non-hydrogen) atoms. The number of ether oxygens (including phenoxy) is 2. The number of hydrogen-bond donors (Lipinski definition) is 1. The minimum Gasteiger partial charge on any atom is -0.484 e. The summed E-state index contributed by atoms with van der Waals surface area (Å²) in [5.41, 5.74) is 4.13. The summed E-state index contributed by atoms with van der Waals surface area (Å²) in [4.78, 5) is 14.6. The van der Waals surface area contributed by atoms with Crippen molar-refractivity contribution >= 4 is 23.4 Å². The van der Waals surface area contributed by atoms with Gasteiger partial charge >= 0.3 is 0 Å². The lowest BCUT2D eigenvalue weighted by Crippen LogP contribution is -2.42. The van der Waals surface area contributed by atoms with Gasteiger partial charge in [-0.25, -0.2) is 0 Å². The third-order valence-corrected chi connectivity index (χ3v) is 5.22. The predicted octanol–water partition coefficient (Wildman–Crippen LogP) is 5.90. The van der Waals surface area contributed by atoms with Crippen LogP contribution in [0.3, 0.4) is 0 Å². The van der Waals surface area contributed by atoms with E-state index < -0.39 is 0 Å². The largest absolute Gasteiger partial charge is 0.484 e. The summed E-state index contributed by atoms with van der Waals surface area (Å²) in [6.45, 7) is 14.8. The number of nitrogens with one attached hydrogen (secondary N) is 1. The van der Waals surface area contributed by atoms with Crippen LogP contribution in [0.5, 0.6) is 5.75 Å². The second-order valence-corrected chi connectivity index (χ2v) is 8.61. The van der Waals surface area contributed by atoms with E-state index in [0.29, 0.717) is 6.61 Å². The fourth-order valence-electron chi connectivity index (χ4n) is 3.53. The highest BCUT2D eigenvalue weighted by molar-refractivity contribution is 6.02. The molecule has 0 saturated carbocycles. The predicted molar refractivity (Wildman–Crippen MR) is 135 cm³/mol. The summed E-state index contributed by atoms with van der Waals surface area (Å²) in [5.74, 6) is 0.657. The van der Waals surface area contributed by atoms with Crippen molar-refractivity contribution in [2.45, 2.75) is 53.1 Å². The number of hydrogen-bond acceptors (Lipinski definition) is 4. The van der Waals surface area contributed by atoms with Gasteiger partial charge in [0.05, 0.1) is 18.8 Å². The molecule has 0 radical (unpaired) electrons. The first-order chi connectivity index (χ1) is 15.3. The zero-order chi connectivity index (χ0) is 23.7. The zero-order valence-electron chi connectivity index (χ0n) is 20.6. The average molecular weight is 439 g/mol. The van der Waals surface area contributed by atoms with E-state index in [4.69, 9.17) is 9.47 Å². The molecular weight excluding hydrogens is 400 g/mol. The Hall–Kier alpha value is -2.79. The number of rotatable bonds is 6. The van der Waals surface area contributed by atoms with Crippen LogP contribution in [0.4, 0.5) is 11.4 Å². The number of fused-ring (bicyclic) bond motifs is 1. The molecule has 0 bridgehead atoms. The van der Waals surface area contributed by atoms with Crippen molar-refractivity contribution < 1.29 is 14.3 Å². The first kappa shape index (κ1) is 25.5. The van der Waals surface area contributed by atoms with Crippen molar-refractivity contribution in [2.24, 2.45) is 0 Å². The van der Waals surface area contributed by atoms with Gasteiger partial charge in [0.15, 0.2) is 0 Å². The van der Waals surface area contributed by atoms with Gasteiger partial charge in [0, 0.05) is 25.4 Å². The Balaban J connectivity index is 0.00000176. The number of amides is 1. The van der Waals surface area contributed by atoms with Crippen LogP contribution in [0, 0.1) is 0 Å². The number of carbonyl (C=O) groups excluding carboxylic acids is 1. The van der Waals surface area contributed by atoms with Gasteiger partial charge < -0.3 is 19.7 Å². The van der Waals surface area contributed by atoms with Gasteiger partial charge in [-0.05, 0) is 47.7 Å². The number of methoxy groups -OCH3 is 1. The van der Waals surface area contributed by atoms with E-state index in [9.17, 15) is 4.79 Å². The van der Waals surface area contributed by atoms with Crippen molar-refractivity contribution in [1.29, 1.82) is 0 Å². The molecule has 0 saturated heterocycles. The molecule has 5 heteroatoms. The molecular formula is C27H38N2O3. The van der Waals surface area contributed by atoms with E-state index in [1.807, 2.05) is 50.3 Å². The fourth-order valence-corrected chi connectivity index (χ4v) is 3.53. The number of carbonyl (C=O) groups is 1. The van der Waals surface area contributed by atoms with Crippen LogP contribution in [0.15, 0.2) is 48.5 Å². The van der Waals surface area contributed by atoms with Gasteiger partial charge in [0.2, 0.25) is 5.91 Å². The SMILES string of the molecule is CC.CCN1CC(COC)Oc2ccc(NC(=O)/C=C/c3ccc(C(C)(C)C)cc3)cc21. The molecule has 1 unspecified atom stereocenters. The molecule has 1 aliphatic heterocycles. The normalized spacial score (nSPS) is 15.5. The van der Waals surface area contributed by atoms with E-state index in [1.54, 1.807) is 13.2 Å². The first-order valence-electron chi connectivity index (χ1n) is 11.4. The number of likely N-dealkylation sites (N-methyl/N-ethyl adjacent to an activating group) is 1. The summed E-state index contributed by atoms with van der Waals surface area (Å²) in [6.07, 6.45) is 3.40. The van der Waals surface area contributed by atoms with E-state index in [-0.39, 0.29) is 17.4 Å². The fraction of sp³-hybridized carbons (Fsp3) is 0.444. The summed E-state index contributed by atoms with van der Waals surface area (Å²) in [7, 11) is 1.68. The highest BCUT2D eigenvalue weighted by atomic mass is 16.5. The van der Waals surface area contributed by atoms with Gasteiger partial charge in [-0.3, -0.25) is 4.79 Å². The lowest BCUT2D eigenvalue weighted by molar-refractivity contribution is -0.111. The minimum absolute atomic E-state index is 0.00972. The van der Waals surface area contributed by atoms with E-state index in [0.717, 1.165) is 35.8 Å². The molecule has 0 spiro atoms. The van der Waals surface area contributed by atoms with Crippen molar-refractivity contribution in [3.63, 3.8) is 0 Å². The Morgan fingerprint density at radius 3 is 2.47 bits per heavy atom.